The van der Waals surface area contributed by atoms with Crippen molar-refractivity contribution < 1.29 is 4.79 Å². The third-order valence-corrected chi connectivity index (χ3v) is 4.75. The predicted octanol–water partition coefficient (Wildman–Crippen LogP) is 2.36. The van der Waals surface area contributed by atoms with Crippen LogP contribution in [-0.4, -0.2) is 32.8 Å². The Morgan fingerprint density at radius 1 is 1.37 bits per heavy atom. The monoisotopic (exact) mass is 362 g/mol. The molecule has 27 heavy (non-hydrogen) atoms. The first-order valence-electron chi connectivity index (χ1n) is 9.11. The number of H-pyrrole nitrogens is 1. The molecule has 0 atom stereocenters. The highest BCUT2D eigenvalue weighted by molar-refractivity contribution is 5.95. The zero-order valence-electron chi connectivity index (χ0n) is 15.2. The molecule has 0 spiro atoms. The second kappa shape index (κ2) is 6.83. The fourth-order valence-electron chi connectivity index (χ4n) is 3.16. The number of imidazole rings is 1. The number of pyridine rings is 1. The molecule has 138 valence electrons. The highest BCUT2D eigenvalue weighted by atomic mass is 16.1. The van der Waals surface area contributed by atoms with Gasteiger partial charge in [-0.05, 0) is 43.5 Å². The summed E-state index contributed by atoms with van der Waals surface area (Å²) in [4.78, 5) is 20.3. The average molecular weight is 362 g/mol. The molecule has 3 aromatic rings. The molecule has 0 aliphatic heterocycles. The Hall–Kier alpha value is -3.22. The van der Waals surface area contributed by atoms with Gasteiger partial charge in [-0.1, -0.05) is 12.1 Å². The van der Waals surface area contributed by atoms with E-state index in [9.17, 15) is 4.79 Å². The molecule has 0 unspecified atom stereocenters. The van der Waals surface area contributed by atoms with E-state index in [2.05, 4.69) is 15.3 Å². The van der Waals surface area contributed by atoms with Gasteiger partial charge in [-0.15, -0.1) is 0 Å². The fraction of sp³-hybridized carbons (Fsp3) is 0.300. The van der Waals surface area contributed by atoms with Crippen LogP contribution >= 0.6 is 0 Å². The number of fused-ring (bicyclic) bond motifs is 1. The molecule has 1 aliphatic carbocycles. The van der Waals surface area contributed by atoms with Crippen molar-refractivity contribution in [1.82, 2.24) is 19.9 Å². The van der Waals surface area contributed by atoms with Gasteiger partial charge in [0.2, 0.25) is 0 Å². The minimum atomic E-state index is -0.294. The Morgan fingerprint density at radius 2 is 2.15 bits per heavy atom. The maximum atomic E-state index is 12.6. The molecule has 0 bridgehead atoms. The smallest absolute Gasteiger partial charge is 0.255 e. The van der Waals surface area contributed by atoms with Crippen LogP contribution < -0.4 is 10.8 Å². The molecule has 1 saturated carbocycles. The zero-order chi connectivity index (χ0) is 19.0. The van der Waals surface area contributed by atoms with Crippen LogP contribution in [0.15, 0.2) is 36.5 Å². The van der Waals surface area contributed by atoms with Crippen molar-refractivity contribution in [2.24, 2.45) is 5.92 Å². The number of rotatable bonds is 5. The number of carbonyl (C=O) groups excluding carboxylic acids is 1. The van der Waals surface area contributed by atoms with Crippen molar-refractivity contribution in [2.75, 3.05) is 6.54 Å². The predicted molar refractivity (Wildman–Crippen MR) is 103 cm³/mol. The lowest BCUT2D eigenvalue weighted by Gasteiger charge is -2.12. The summed E-state index contributed by atoms with van der Waals surface area (Å²) in [5.74, 6) is 1.14. The van der Waals surface area contributed by atoms with E-state index in [-0.39, 0.29) is 17.3 Å². The van der Waals surface area contributed by atoms with Crippen LogP contribution in [0.5, 0.6) is 0 Å². The number of para-hydroxylation sites is 2. The van der Waals surface area contributed by atoms with Crippen LogP contribution in [0.2, 0.25) is 0 Å². The lowest BCUT2D eigenvalue weighted by atomic mass is 10.2. The van der Waals surface area contributed by atoms with Gasteiger partial charge in [0.1, 0.15) is 17.1 Å². The highest BCUT2D eigenvalue weighted by Gasteiger charge is 2.28. The Labute approximate surface area is 156 Å². The molecule has 2 aromatic heterocycles. The van der Waals surface area contributed by atoms with E-state index in [0.29, 0.717) is 24.4 Å². The van der Waals surface area contributed by atoms with E-state index in [1.165, 1.54) is 4.57 Å². The molecule has 4 N–H and O–H groups in total. The van der Waals surface area contributed by atoms with Gasteiger partial charge >= 0.3 is 0 Å². The van der Waals surface area contributed by atoms with E-state index in [0.717, 1.165) is 35.3 Å². The Kier molecular flexibility index (Phi) is 4.35. The number of nitrogens with zero attached hydrogens (tertiary/aromatic N) is 2. The Balaban J connectivity index is 1.46. The van der Waals surface area contributed by atoms with Crippen LogP contribution in [0.4, 0.5) is 0 Å². The van der Waals surface area contributed by atoms with Gasteiger partial charge in [0, 0.05) is 25.1 Å². The second-order valence-corrected chi connectivity index (χ2v) is 7.02. The zero-order valence-corrected chi connectivity index (χ0v) is 15.2. The minimum absolute atomic E-state index is 0.0683. The largest absolute Gasteiger partial charge is 0.351 e. The van der Waals surface area contributed by atoms with Crippen LogP contribution in [0, 0.1) is 23.7 Å². The minimum Gasteiger partial charge on any atom is -0.351 e. The molecule has 7 nitrogen and oxygen atoms in total. The first kappa shape index (κ1) is 17.2. The van der Waals surface area contributed by atoms with Crippen molar-refractivity contribution in [2.45, 2.75) is 26.2 Å². The molecule has 1 aromatic carbocycles. The Morgan fingerprint density at radius 3 is 2.89 bits per heavy atom. The standard InChI is InChI=1S/C20H22N6O/c1-12-10-14(19(22)26(11-12)18(21)13-6-7-13)20(27)23-9-8-17-24-15-4-2-3-5-16(15)25-17/h2-5,10-11,13,21-22H,6-9H2,1H3,(H,23,27)(H,24,25). The molecular formula is C20H22N6O. The molecule has 0 radical (unpaired) electrons. The molecule has 0 saturated heterocycles. The SMILES string of the molecule is Cc1cc(C(=O)NCCc2nc3ccccc3[nH]2)c(=N)n(C(=N)C2CC2)c1. The van der Waals surface area contributed by atoms with Crippen molar-refractivity contribution in [3.8, 4) is 0 Å². The van der Waals surface area contributed by atoms with Crippen LogP contribution in [0.1, 0.15) is 34.6 Å². The normalized spacial score (nSPS) is 13.7. The van der Waals surface area contributed by atoms with E-state index in [4.69, 9.17) is 10.8 Å². The number of nitrogens with one attached hydrogen (secondary N) is 4. The number of amides is 1. The van der Waals surface area contributed by atoms with Gasteiger partial charge < -0.3 is 10.3 Å². The third kappa shape index (κ3) is 3.53. The maximum absolute atomic E-state index is 12.6. The lowest BCUT2D eigenvalue weighted by Crippen LogP contribution is -2.37. The van der Waals surface area contributed by atoms with Gasteiger partial charge in [0.25, 0.3) is 5.91 Å². The number of benzene rings is 1. The van der Waals surface area contributed by atoms with Crippen LogP contribution in [-0.2, 0) is 6.42 Å². The molecule has 1 aliphatic rings. The van der Waals surface area contributed by atoms with Crippen molar-refractivity contribution >= 4 is 22.8 Å². The average Bonchev–Trinajstić information content (AvgIpc) is 3.42. The molecular weight excluding hydrogens is 340 g/mol. The van der Waals surface area contributed by atoms with Gasteiger partial charge in [-0.25, -0.2) is 4.98 Å². The molecule has 4 rings (SSSR count). The number of aromatic amines is 1. The quantitative estimate of drug-likeness (QED) is 0.413. The third-order valence-electron chi connectivity index (χ3n) is 4.75. The topological polar surface area (TPSA) is 110 Å². The number of carbonyl (C=O) groups is 1. The molecule has 1 amide bonds. The second-order valence-electron chi connectivity index (χ2n) is 7.02. The van der Waals surface area contributed by atoms with Crippen LogP contribution in [0.3, 0.4) is 0 Å². The summed E-state index contributed by atoms with van der Waals surface area (Å²) >= 11 is 0. The van der Waals surface area contributed by atoms with E-state index < -0.39 is 0 Å². The Bertz CT molecular complexity index is 1060. The van der Waals surface area contributed by atoms with Crippen molar-refractivity contribution in [3.05, 3.63) is 59.0 Å². The number of hydrogen-bond acceptors (Lipinski definition) is 4. The summed E-state index contributed by atoms with van der Waals surface area (Å²) in [6.45, 7) is 2.30. The van der Waals surface area contributed by atoms with E-state index in [1.807, 2.05) is 31.2 Å². The molecule has 2 heterocycles. The highest BCUT2D eigenvalue weighted by Crippen LogP contribution is 2.30. The van der Waals surface area contributed by atoms with E-state index >= 15 is 0 Å². The van der Waals surface area contributed by atoms with E-state index in [1.54, 1.807) is 12.3 Å². The fourth-order valence-corrected chi connectivity index (χ4v) is 3.16. The van der Waals surface area contributed by atoms with Crippen molar-refractivity contribution in [1.29, 1.82) is 10.8 Å². The van der Waals surface area contributed by atoms with Gasteiger partial charge in [0.15, 0.2) is 0 Å². The summed E-state index contributed by atoms with van der Waals surface area (Å²) in [7, 11) is 0. The summed E-state index contributed by atoms with van der Waals surface area (Å²) < 4.78 is 1.53. The van der Waals surface area contributed by atoms with Crippen molar-refractivity contribution in [3.63, 3.8) is 0 Å². The first-order chi connectivity index (χ1) is 13.0. The number of aryl methyl sites for hydroxylation is 1. The van der Waals surface area contributed by atoms with Gasteiger partial charge in [-0.3, -0.25) is 20.2 Å². The lowest BCUT2D eigenvalue weighted by molar-refractivity contribution is 0.0951. The number of hydrogen-bond donors (Lipinski definition) is 4. The summed E-state index contributed by atoms with van der Waals surface area (Å²) in [5, 5.41) is 19.4. The first-order valence-corrected chi connectivity index (χ1v) is 9.11. The summed E-state index contributed by atoms with van der Waals surface area (Å²) in [5.41, 5.74) is 3.11. The van der Waals surface area contributed by atoms with Crippen LogP contribution in [0.25, 0.3) is 11.0 Å². The summed E-state index contributed by atoms with van der Waals surface area (Å²) in [6, 6.07) is 9.51. The maximum Gasteiger partial charge on any atom is 0.255 e. The molecule has 1 fully saturated rings. The van der Waals surface area contributed by atoms with Gasteiger partial charge in [0.05, 0.1) is 16.6 Å². The molecule has 7 heteroatoms. The van der Waals surface area contributed by atoms with Gasteiger partial charge in [-0.2, -0.15) is 0 Å². The number of aromatic nitrogens is 3. The summed E-state index contributed by atoms with van der Waals surface area (Å²) in [6.07, 6.45) is 4.31.